The van der Waals surface area contributed by atoms with E-state index in [9.17, 15) is 9.59 Å². The summed E-state index contributed by atoms with van der Waals surface area (Å²) in [6.45, 7) is 0.330. The molecule has 2 amide bonds. The van der Waals surface area contributed by atoms with Crippen molar-refractivity contribution in [1.29, 1.82) is 0 Å². The van der Waals surface area contributed by atoms with Gasteiger partial charge in [0.25, 0.3) is 5.91 Å². The van der Waals surface area contributed by atoms with Gasteiger partial charge in [-0.1, -0.05) is 34.8 Å². The maximum atomic E-state index is 12.3. The summed E-state index contributed by atoms with van der Waals surface area (Å²) in [4.78, 5) is 27.5. The van der Waals surface area contributed by atoms with Crippen LogP contribution in [0.4, 0.5) is 0 Å². The van der Waals surface area contributed by atoms with E-state index in [0.717, 1.165) is 6.42 Å². The van der Waals surface area contributed by atoms with E-state index >= 15 is 0 Å². The third-order valence-electron chi connectivity index (χ3n) is 3.62. The van der Waals surface area contributed by atoms with Gasteiger partial charge in [0, 0.05) is 26.7 Å². The van der Waals surface area contributed by atoms with Gasteiger partial charge in [-0.15, -0.1) is 0 Å². The Labute approximate surface area is 150 Å². The van der Waals surface area contributed by atoms with E-state index in [1.165, 1.54) is 17.0 Å². The van der Waals surface area contributed by atoms with Crippen LogP contribution in [0.5, 0.6) is 5.75 Å². The molecule has 1 saturated heterocycles. The van der Waals surface area contributed by atoms with E-state index in [-0.39, 0.29) is 29.2 Å². The molecule has 0 bridgehead atoms. The van der Waals surface area contributed by atoms with Crippen LogP contribution < -0.4 is 4.74 Å². The van der Waals surface area contributed by atoms with E-state index in [4.69, 9.17) is 39.5 Å². The van der Waals surface area contributed by atoms with E-state index in [0.29, 0.717) is 23.0 Å². The molecule has 1 heterocycles. The van der Waals surface area contributed by atoms with Gasteiger partial charge in [-0.3, -0.25) is 9.59 Å². The molecule has 1 aliphatic rings. The second kappa shape index (κ2) is 7.60. The maximum Gasteiger partial charge on any atom is 0.261 e. The number of hydrogen-bond acceptors (Lipinski definition) is 3. The molecule has 0 radical (unpaired) electrons. The molecule has 0 aromatic heterocycles. The molecular weight excluding hydrogens is 363 g/mol. The van der Waals surface area contributed by atoms with E-state index in [2.05, 4.69) is 0 Å². The van der Waals surface area contributed by atoms with Crippen molar-refractivity contribution in [1.82, 2.24) is 9.80 Å². The Hall–Kier alpha value is -1.17. The molecule has 1 aromatic rings. The Bertz CT molecular complexity index is 622. The molecule has 1 fully saturated rings. The molecule has 0 saturated carbocycles. The van der Waals surface area contributed by atoms with Crippen molar-refractivity contribution in [3.05, 3.63) is 27.2 Å². The largest absolute Gasteiger partial charge is 0.482 e. The zero-order valence-corrected chi connectivity index (χ0v) is 15.1. The third kappa shape index (κ3) is 4.22. The van der Waals surface area contributed by atoms with E-state index in [1.54, 1.807) is 19.0 Å². The lowest BCUT2D eigenvalue weighted by atomic mass is 10.2. The number of nitrogens with zero attached hydrogens (tertiary/aromatic N) is 2. The second-order valence-electron chi connectivity index (χ2n) is 5.46. The molecule has 8 heteroatoms. The lowest BCUT2D eigenvalue weighted by Crippen LogP contribution is -2.46. The van der Waals surface area contributed by atoms with Crippen LogP contribution in [-0.2, 0) is 9.59 Å². The van der Waals surface area contributed by atoms with Crippen molar-refractivity contribution in [3.8, 4) is 5.75 Å². The van der Waals surface area contributed by atoms with Gasteiger partial charge >= 0.3 is 0 Å². The zero-order valence-electron chi connectivity index (χ0n) is 12.8. The Balaban J connectivity index is 2.02. The van der Waals surface area contributed by atoms with Gasteiger partial charge in [0.05, 0.1) is 15.1 Å². The number of rotatable bonds is 4. The Morgan fingerprint density at radius 1 is 1.22 bits per heavy atom. The maximum absolute atomic E-state index is 12.3. The molecule has 1 aromatic carbocycles. The number of benzene rings is 1. The molecular formula is C15H17Cl3N2O3. The minimum Gasteiger partial charge on any atom is -0.482 e. The Morgan fingerprint density at radius 3 is 2.52 bits per heavy atom. The highest BCUT2D eigenvalue weighted by atomic mass is 35.5. The summed E-state index contributed by atoms with van der Waals surface area (Å²) < 4.78 is 5.44. The van der Waals surface area contributed by atoms with Gasteiger partial charge in [-0.05, 0) is 18.9 Å². The van der Waals surface area contributed by atoms with Gasteiger partial charge in [-0.25, -0.2) is 0 Å². The highest BCUT2D eigenvalue weighted by Crippen LogP contribution is 2.34. The first-order chi connectivity index (χ1) is 10.8. The predicted octanol–water partition coefficient (Wildman–Crippen LogP) is 3.10. The van der Waals surface area contributed by atoms with Crippen LogP contribution in [0.2, 0.25) is 15.1 Å². The first-order valence-corrected chi connectivity index (χ1v) is 8.22. The van der Waals surface area contributed by atoms with Crippen LogP contribution >= 0.6 is 34.8 Å². The highest BCUT2D eigenvalue weighted by Gasteiger charge is 2.35. The number of ether oxygens (including phenoxy) is 1. The molecule has 1 aliphatic heterocycles. The van der Waals surface area contributed by atoms with Crippen molar-refractivity contribution < 1.29 is 14.3 Å². The van der Waals surface area contributed by atoms with Crippen molar-refractivity contribution in [2.24, 2.45) is 0 Å². The van der Waals surface area contributed by atoms with Crippen molar-refractivity contribution in [2.45, 2.75) is 18.9 Å². The number of carbonyl (C=O) groups is 2. The number of halogens is 3. The normalized spacial score (nSPS) is 17.3. The van der Waals surface area contributed by atoms with Crippen molar-refractivity contribution >= 4 is 46.6 Å². The SMILES string of the molecule is CN(C)C(=O)C1CCCN1C(=O)COc1cc(Cl)c(Cl)cc1Cl. The van der Waals surface area contributed by atoms with E-state index < -0.39 is 6.04 Å². The molecule has 0 aliphatic carbocycles. The fourth-order valence-corrected chi connectivity index (χ4v) is 3.05. The smallest absolute Gasteiger partial charge is 0.261 e. The standard InChI is InChI=1S/C15H17Cl3N2O3/c1-19(2)15(22)12-4-3-5-20(12)14(21)8-23-13-7-10(17)9(16)6-11(13)18/h6-7,12H,3-5,8H2,1-2H3. The highest BCUT2D eigenvalue weighted by molar-refractivity contribution is 6.43. The van der Waals surface area contributed by atoms with Crippen molar-refractivity contribution in [2.75, 3.05) is 27.2 Å². The monoisotopic (exact) mass is 378 g/mol. The molecule has 0 N–H and O–H groups in total. The summed E-state index contributed by atoms with van der Waals surface area (Å²) in [6, 6.07) is 2.50. The molecule has 1 unspecified atom stereocenters. The molecule has 1 atom stereocenters. The summed E-state index contributed by atoms with van der Waals surface area (Å²) in [5.41, 5.74) is 0. The number of hydrogen-bond donors (Lipinski definition) is 0. The first-order valence-electron chi connectivity index (χ1n) is 7.09. The quantitative estimate of drug-likeness (QED) is 0.755. The van der Waals surface area contributed by atoms with Gasteiger partial charge in [-0.2, -0.15) is 0 Å². The molecule has 0 spiro atoms. The molecule has 5 nitrogen and oxygen atoms in total. The molecule has 126 valence electrons. The summed E-state index contributed by atoms with van der Waals surface area (Å²) in [5, 5.41) is 0.876. The summed E-state index contributed by atoms with van der Waals surface area (Å²) in [6.07, 6.45) is 1.46. The molecule has 23 heavy (non-hydrogen) atoms. The van der Waals surface area contributed by atoms with E-state index in [1.807, 2.05) is 0 Å². The number of likely N-dealkylation sites (tertiary alicyclic amines) is 1. The Morgan fingerprint density at radius 2 is 1.87 bits per heavy atom. The van der Waals surface area contributed by atoms with Crippen LogP contribution in [-0.4, -0.2) is 54.9 Å². The summed E-state index contributed by atoms with van der Waals surface area (Å²) in [5.74, 6) is -0.0580. The molecule has 2 rings (SSSR count). The third-order valence-corrected chi connectivity index (χ3v) is 4.64. The summed E-state index contributed by atoms with van der Waals surface area (Å²) >= 11 is 17.8. The van der Waals surface area contributed by atoms with Crippen molar-refractivity contribution in [3.63, 3.8) is 0 Å². The average Bonchev–Trinajstić information content (AvgIpc) is 2.97. The lowest BCUT2D eigenvalue weighted by molar-refractivity contribution is -0.143. The second-order valence-corrected chi connectivity index (χ2v) is 6.68. The van der Waals surface area contributed by atoms with Gasteiger partial charge in [0.1, 0.15) is 11.8 Å². The van der Waals surface area contributed by atoms with Crippen LogP contribution in [0.15, 0.2) is 12.1 Å². The number of likely N-dealkylation sites (N-methyl/N-ethyl adjacent to an activating group) is 1. The van der Waals surface area contributed by atoms with Gasteiger partial charge in [0.2, 0.25) is 5.91 Å². The Kier molecular flexibility index (Phi) is 6.00. The first kappa shape index (κ1) is 18.2. The van der Waals surface area contributed by atoms with Crippen LogP contribution in [0.1, 0.15) is 12.8 Å². The fraction of sp³-hybridized carbons (Fsp3) is 0.467. The lowest BCUT2D eigenvalue weighted by Gasteiger charge is -2.26. The minimum atomic E-state index is -0.426. The minimum absolute atomic E-state index is 0.0802. The zero-order chi connectivity index (χ0) is 17.1. The van der Waals surface area contributed by atoms with Crippen LogP contribution in [0, 0.1) is 0 Å². The average molecular weight is 380 g/mol. The fourth-order valence-electron chi connectivity index (χ4n) is 2.46. The number of carbonyl (C=O) groups excluding carboxylic acids is 2. The number of amides is 2. The van der Waals surface area contributed by atoms with Crippen LogP contribution in [0.25, 0.3) is 0 Å². The van der Waals surface area contributed by atoms with Crippen LogP contribution in [0.3, 0.4) is 0 Å². The van der Waals surface area contributed by atoms with Gasteiger partial charge < -0.3 is 14.5 Å². The topological polar surface area (TPSA) is 49.9 Å². The summed E-state index contributed by atoms with van der Waals surface area (Å²) in [7, 11) is 3.35. The van der Waals surface area contributed by atoms with Gasteiger partial charge in [0.15, 0.2) is 6.61 Å². The predicted molar refractivity (Wildman–Crippen MR) is 90.4 cm³/mol.